The summed E-state index contributed by atoms with van der Waals surface area (Å²) in [6.07, 6.45) is 3.40. The Labute approximate surface area is 85.0 Å². The van der Waals surface area contributed by atoms with Gasteiger partial charge in [0.25, 0.3) is 0 Å². The predicted octanol–water partition coefficient (Wildman–Crippen LogP) is 0.542. The van der Waals surface area contributed by atoms with E-state index in [0.29, 0.717) is 12.1 Å². The van der Waals surface area contributed by atoms with Gasteiger partial charge < -0.3 is 15.5 Å². The lowest BCUT2D eigenvalue weighted by atomic mass is 9.98. The number of hydrogen-bond acceptors (Lipinski definition) is 2. The molecule has 2 amide bonds. The van der Waals surface area contributed by atoms with Crippen LogP contribution in [0.15, 0.2) is 0 Å². The van der Waals surface area contributed by atoms with Crippen molar-refractivity contribution in [2.45, 2.75) is 38.3 Å². The molecule has 2 rings (SSSR count). The fourth-order valence-corrected chi connectivity index (χ4v) is 2.42. The molecule has 2 unspecified atom stereocenters. The average Bonchev–Trinajstić information content (AvgIpc) is 2.20. The maximum Gasteiger partial charge on any atom is 0.317 e. The highest BCUT2D eigenvalue weighted by Gasteiger charge is 2.31. The molecular formula is C10H19N3O. The summed E-state index contributed by atoms with van der Waals surface area (Å²) in [6, 6.07) is 0.952. The van der Waals surface area contributed by atoms with Gasteiger partial charge in [-0.25, -0.2) is 4.79 Å². The molecule has 4 nitrogen and oxygen atoms in total. The van der Waals surface area contributed by atoms with Crippen LogP contribution in [0.2, 0.25) is 0 Å². The third-order valence-electron chi connectivity index (χ3n) is 3.23. The van der Waals surface area contributed by atoms with E-state index in [1.807, 2.05) is 4.90 Å². The topological polar surface area (TPSA) is 44.4 Å². The number of carbonyl (C=O) groups is 1. The molecule has 0 aromatic heterocycles. The molecule has 80 valence electrons. The van der Waals surface area contributed by atoms with Crippen molar-refractivity contribution in [3.8, 4) is 0 Å². The Balaban J connectivity index is 2.00. The lowest BCUT2D eigenvalue weighted by molar-refractivity contribution is 0.130. The van der Waals surface area contributed by atoms with Crippen LogP contribution in [0.5, 0.6) is 0 Å². The molecule has 0 radical (unpaired) electrons. The first-order valence-corrected chi connectivity index (χ1v) is 5.57. The fraction of sp³-hybridized carbons (Fsp3) is 0.900. The molecule has 2 N–H and O–H groups in total. The van der Waals surface area contributed by atoms with Crippen molar-refractivity contribution < 1.29 is 4.79 Å². The lowest BCUT2D eigenvalue weighted by Crippen LogP contribution is -2.58. The van der Waals surface area contributed by atoms with Crippen LogP contribution >= 0.6 is 0 Å². The van der Waals surface area contributed by atoms with Gasteiger partial charge in [-0.1, -0.05) is 0 Å². The van der Waals surface area contributed by atoms with E-state index in [1.165, 1.54) is 6.42 Å². The molecule has 0 saturated carbocycles. The Morgan fingerprint density at radius 2 is 2.21 bits per heavy atom. The van der Waals surface area contributed by atoms with Gasteiger partial charge in [0.1, 0.15) is 0 Å². The van der Waals surface area contributed by atoms with Crippen molar-refractivity contribution >= 4 is 6.03 Å². The number of rotatable bonds is 1. The minimum atomic E-state index is 0.122. The van der Waals surface area contributed by atoms with E-state index in [0.717, 1.165) is 32.5 Å². The zero-order valence-corrected chi connectivity index (χ0v) is 8.75. The summed E-state index contributed by atoms with van der Waals surface area (Å²) in [6.45, 7) is 5.02. The maximum absolute atomic E-state index is 11.6. The number of hydrogen-bond donors (Lipinski definition) is 2. The third-order valence-corrected chi connectivity index (χ3v) is 3.23. The van der Waals surface area contributed by atoms with Gasteiger partial charge in [-0.2, -0.15) is 0 Å². The summed E-state index contributed by atoms with van der Waals surface area (Å²) in [5.74, 6) is 0. The quantitative estimate of drug-likeness (QED) is 0.644. The van der Waals surface area contributed by atoms with E-state index in [4.69, 9.17) is 0 Å². The normalized spacial score (nSPS) is 34.1. The molecule has 2 fully saturated rings. The molecule has 4 heteroatoms. The summed E-state index contributed by atoms with van der Waals surface area (Å²) in [5.41, 5.74) is 0. The minimum absolute atomic E-state index is 0.122. The zero-order chi connectivity index (χ0) is 9.97. The van der Waals surface area contributed by atoms with Crippen molar-refractivity contribution in [2.75, 3.05) is 19.6 Å². The lowest BCUT2D eigenvalue weighted by Gasteiger charge is -2.40. The molecule has 2 saturated heterocycles. The Kier molecular flexibility index (Phi) is 2.91. The zero-order valence-electron chi connectivity index (χ0n) is 8.75. The first-order chi connectivity index (χ1) is 6.79. The first-order valence-electron chi connectivity index (χ1n) is 5.57. The predicted molar refractivity (Wildman–Crippen MR) is 55.2 cm³/mol. The summed E-state index contributed by atoms with van der Waals surface area (Å²) in [4.78, 5) is 13.6. The highest BCUT2D eigenvalue weighted by molar-refractivity contribution is 5.75. The van der Waals surface area contributed by atoms with E-state index in [1.54, 1.807) is 0 Å². The van der Waals surface area contributed by atoms with Crippen LogP contribution in [-0.2, 0) is 0 Å². The number of carbonyl (C=O) groups excluding carboxylic acids is 1. The number of nitrogens with one attached hydrogen (secondary N) is 2. The second-order valence-corrected chi connectivity index (χ2v) is 4.23. The van der Waals surface area contributed by atoms with E-state index in [2.05, 4.69) is 17.6 Å². The molecular weight excluding hydrogens is 178 g/mol. The Morgan fingerprint density at radius 1 is 1.36 bits per heavy atom. The van der Waals surface area contributed by atoms with Crippen molar-refractivity contribution in [2.24, 2.45) is 0 Å². The van der Waals surface area contributed by atoms with E-state index < -0.39 is 0 Å². The minimum Gasteiger partial charge on any atom is -0.338 e. The number of urea groups is 1. The van der Waals surface area contributed by atoms with Crippen LogP contribution in [0.25, 0.3) is 0 Å². The molecule has 0 aromatic carbocycles. The van der Waals surface area contributed by atoms with E-state index in [9.17, 15) is 4.79 Å². The summed E-state index contributed by atoms with van der Waals surface area (Å²) in [7, 11) is 0. The Hall–Kier alpha value is -0.770. The van der Waals surface area contributed by atoms with Crippen LogP contribution in [0.3, 0.4) is 0 Å². The van der Waals surface area contributed by atoms with Gasteiger partial charge in [0, 0.05) is 25.2 Å². The van der Waals surface area contributed by atoms with Crippen molar-refractivity contribution in [1.82, 2.24) is 15.5 Å². The van der Waals surface area contributed by atoms with Gasteiger partial charge in [0.15, 0.2) is 0 Å². The van der Waals surface area contributed by atoms with E-state index in [-0.39, 0.29) is 6.03 Å². The van der Waals surface area contributed by atoms with Gasteiger partial charge in [0.2, 0.25) is 0 Å². The summed E-state index contributed by atoms with van der Waals surface area (Å²) >= 11 is 0. The number of piperidine rings is 1. The van der Waals surface area contributed by atoms with E-state index >= 15 is 0 Å². The molecule has 0 aromatic rings. The molecule has 2 aliphatic rings. The molecule has 2 heterocycles. The second kappa shape index (κ2) is 4.17. The monoisotopic (exact) mass is 197 g/mol. The van der Waals surface area contributed by atoms with Gasteiger partial charge in [-0.15, -0.1) is 0 Å². The van der Waals surface area contributed by atoms with Gasteiger partial charge >= 0.3 is 6.03 Å². The molecule has 2 atom stereocenters. The number of nitrogens with zero attached hydrogens (tertiary/aromatic N) is 1. The van der Waals surface area contributed by atoms with Crippen LogP contribution < -0.4 is 10.6 Å². The standard InChI is InChI=1S/C10H19N3O/c1-8-9(4-2-5-11-8)13-7-3-6-12-10(13)14/h8-9,11H,2-7H2,1H3,(H,12,14). The SMILES string of the molecule is CC1NCCCC1N1CCCNC1=O. The van der Waals surface area contributed by atoms with Crippen LogP contribution in [0.1, 0.15) is 26.2 Å². The van der Waals surface area contributed by atoms with Crippen LogP contribution in [-0.4, -0.2) is 42.6 Å². The molecule has 0 aliphatic carbocycles. The summed E-state index contributed by atoms with van der Waals surface area (Å²) in [5, 5.41) is 6.34. The molecule has 0 bridgehead atoms. The van der Waals surface area contributed by atoms with Crippen molar-refractivity contribution in [3.63, 3.8) is 0 Å². The van der Waals surface area contributed by atoms with Crippen LogP contribution in [0, 0.1) is 0 Å². The maximum atomic E-state index is 11.6. The smallest absolute Gasteiger partial charge is 0.317 e. The molecule has 0 spiro atoms. The largest absolute Gasteiger partial charge is 0.338 e. The second-order valence-electron chi connectivity index (χ2n) is 4.23. The third kappa shape index (κ3) is 1.85. The van der Waals surface area contributed by atoms with Crippen molar-refractivity contribution in [3.05, 3.63) is 0 Å². The number of amides is 2. The highest BCUT2D eigenvalue weighted by atomic mass is 16.2. The first kappa shape index (κ1) is 9.77. The fourth-order valence-electron chi connectivity index (χ4n) is 2.42. The van der Waals surface area contributed by atoms with Gasteiger partial charge in [-0.3, -0.25) is 0 Å². The molecule has 2 aliphatic heterocycles. The van der Waals surface area contributed by atoms with Gasteiger partial charge in [0.05, 0.1) is 0 Å². The van der Waals surface area contributed by atoms with Crippen molar-refractivity contribution in [1.29, 1.82) is 0 Å². The highest BCUT2D eigenvalue weighted by Crippen LogP contribution is 2.17. The average molecular weight is 197 g/mol. The Bertz CT molecular complexity index is 219. The van der Waals surface area contributed by atoms with Crippen LogP contribution in [0.4, 0.5) is 4.79 Å². The Morgan fingerprint density at radius 3 is 2.93 bits per heavy atom. The summed E-state index contributed by atoms with van der Waals surface area (Å²) < 4.78 is 0. The van der Waals surface area contributed by atoms with Gasteiger partial charge in [-0.05, 0) is 32.7 Å². The molecule has 14 heavy (non-hydrogen) atoms.